The van der Waals surface area contributed by atoms with Crippen molar-refractivity contribution in [1.29, 1.82) is 0 Å². The molecule has 0 bridgehead atoms. The van der Waals surface area contributed by atoms with Gasteiger partial charge < -0.3 is 20.2 Å². The number of carbonyl (C=O) groups excluding carboxylic acids is 3. The lowest BCUT2D eigenvalue weighted by atomic mass is 9.85. The molecule has 8 heteroatoms. The molecule has 2 rings (SSSR count). The summed E-state index contributed by atoms with van der Waals surface area (Å²) in [5.41, 5.74) is 1.78. The SMILES string of the molecule is CC(=O)NC(C(=O)N1C[C@H](O)C[C@H]1C(=O)NOc1ccccc1)C(C)(C)C. The average molecular weight is 377 g/mol. The quantitative estimate of drug-likeness (QED) is 0.652. The summed E-state index contributed by atoms with van der Waals surface area (Å²) >= 11 is 0. The first kappa shape index (κ1) is 20.7. The monoisotopic (exact) mass is 377 g/mol. The zero-order valence-corrected chi connectivity index (χ0v) is 16.1. The maximum absolute atomic E-state index is 13.0. The molecule has 3 N–H and O–H groups in total. The fraction of sp³-hybridized carbons (Fsp3) is 0.526. The van der Waals surface area contributed by atoms with Crippen LogP contribution in [0.5, 0.6) is 5.75 Å². The highest BCUT2D eigenvalue weighted by Gasteiger charge is 2.44. The summed E-state index contributed by atoms with van der Waals surface area (Å²) in [5, 5.41) is 12.7. The van der Waals surface area contributed by atoms with Gasteiger partial charge in [0.2, 0.25) is 11.8 Å². The van der Waals surface area contributed by atoms with Crippen LogP contribution in [-0.2, 0) is 14.4 Å². The smallest absolute Gasteiger partial charge is 0.275 e. The Bertz CT molecular complexity index is 686. The Hall–Kier alpha value is -2.61. The lowest BCUT2D eigenvalue weighted by Crippen LogP contribution is -2.57. The average Bonchev–Trinajstić information content (AvgIpc) is 2.99. The van der Waals surface area contributed by atoms with Gasteiger partial charge in [0, 0.05) is 19.9 Å². The third kappa shape index (κ3) is 5.43. The number of carbonyl (C=O) groups is 3. The predicted molar refractivity (Wildman–Crippen MR) is 98.4 cm³/mol. The Labute approximate surface area is 158 Å². The van der Waals surface area contributed by atoms with E-state index < -0.39 is 35.4 Å². The third-order valence-corrected chi connectivity index (χ3v) is 4.34. The van der Waals surface area contributed by atoms with Crippen LogP contribution in [0.15, 0.2) is 30.3 Å². The molecular weight excluding hydrogens is 350 g/mol. The minimum Gasteiger partial charge on any atom is -0.391 e. The van der Waals surface area contributed by atoms with E-state index in [0.717, 1.165) is 0 Å². The van der Waals surface area contributed by atoms with Crippen LogP contribution in [0.4, 0.5) is 0 Å². The number of para-hydroxylation sites is 1. The molecular formula is C19H27N3O5. The number of nitrogens with one attached hydrogen (secondary N) is 2. The minimum absolute atomic E-state index is 0.0222. The molecule has 0 spiro atoms. The Kier molecular flexibility index (Phi) is 6.43. The van der Waals surface area contributed by atoms with Gasteiger partial charge >= 0.3 is 0 Å². The second kappa shape index (κ2) is 8.39. The molecule has 0 aromatic heterocycles. The van der Waals surface area contributed by atoms with Gasteiger partial charge in [0.05, 0.1) is 6.10 Å². The van der Waals surface area contributed by atoms with Crippen LogP contribution in [0.25, 0.3) is 0 Å². The molecule has 1 heterocycles. The van der Waals surface area contributed by atoms with E-state index in [0.29, 0.717) is 5.75 Å². The van der Waals surface area contributed by atoms with Gasteiger partial charge in [0.15, 0.2) is 5.75 Å². The van der Waals surface area contributed by atoms with Crippen molar-refractivity contribution in [2.45, 2.75) is 52.3 Å². The number of benzene rings is 1. The molecule has 27 heavy (non-hydrogen) atoms. The zero-order chi connectivity index (χ0) is 20.2. The summed E-state index contributed by atoms with van der Waals surface area (Å²) in [4.78, 5) is 43.7. The molecule has 3 atom stereocenters. The van der Waals surface area contributed by atoms with Crippen LogP contribution in [-0.4, -0.2) is 52.5 Å². The first-order valence-electron chi connectivity index (χ1n) is 8.87. The molecule has 1 unspecified atom stereocenters. The van der Waals surface area contributed by atoms with Crippen molar-refractivity contribution in [2.75, 3.05) is 6.54 Å². The van der Waals surface area contributed by atoms with Crippen molar-refractivity contribution in [3.05, 3.63) is 30.3 Å². The van der Waals surface area contributed by atoms with E-state index in [2.05, 4.69) is 10.8 Å². The van der Waals surface area contributed by atoms with E-state index in [4.69, 9.17) is 4.84 Å². The lowest BCUT2D eigenvalue weighted by molar-refractivity contribution is -0.145. The number of rotatable bonds is 5. The van der Waals surface area contributed by atoms with E-state index in [-0.39, 0.29) is 18.9 Å². The maximum Gasteiger partial charge on any atom is 0.275 e. The minimum atomic E-state index is -0.880. The van der Waals surface area contributed by atoms with Crippen LogP contribution in [0.1, 0.15) is 34.1 Å². The number of aliphatic hydroxyl groups is 1. The lowest BCUT2D eigenvalue weighted by Gasteiger charge is -2.35. The summed E-state index contributed by atoms with van der Waals surface area (Å²) in [5.74, 6) is -0.821. The number of amides is 3. The topological polar surface area (TPSA) is 108 Å². The van der Waals surface area contributed by atoms with Crippen molar-refractivity contribution in [1.82, 2.24) is 15.7 Å². The Morgan fingerprint density at radius 2 is 1.85 bits per heavy atom. The first-order chi connectivity index (χ1) is 12.6. The molecule has 8 nitrogen and oxygen atoms in total. The van der Waals surface area contributed by atoms with Gasteiger partial charge in [-0.05, 0) is 17.5 Å². The molecule has 1 aliphatic rings. The van der Waals surface area contributed by atoms with Gasteiger partial charge in [-0.3, -0.25) is 14.4 Å². The fourth-order valence-corrected chi connectivity index (χ4v) is 2.99. The van der Waals surface area contributed by atoms with Crippen LogP contribution in [0, 0.1) is 5.41 Å². The first-order valence-corrected chi connectivity index (χ1v) is 8.87. The normalized spacial score (nSPS) is 20.7. The Balaban J connectivity index is 2.12. The fourth-order valence-electron chi connectivity index (χ4n) is 2.99. The van der Waals surface area contributed by atoms with Crippen molar-refractivity contribution in [3.63, 3.8) is 0 Å². The summed E-state index contributed by atoms with van der Waals surface area (Å²) in [6.45, 7) is 6.83. The van der Waals surface area contributed by atoms with Gasteiger partial charge in [-0.15, -0.1) is 0 Å². The number of hydrogen-bond acceptors (Lipinski definition) is 5. The van der Waals surface area contributed by atoms with Gasteiger partial charge in [0.1, 0.15) is 12.1 Å². The molecule has 0 aliphatic carbocycles. The third-order valence-electron chi connectivity index (χ3n) is 4.34. The molecule has 1 fully saturated rings. The maximum atomic E-state index is 13.0. The largest absolute Gasteiger partial charge is 0.391 e. The highest BCUT2D eigenvalue weighted by molar-refractivity contribution is 5.92. The molecule has 1 aromatic carbocycles. The molecule has 0 radical (unpaired) electrons. The second-order valence-electron chi connectivity index (χ2n) is 7.78. The van der Waals surface area contributed by atoms with E-state index >= 15 is 0 Å². The molecule has 1 aliphatic heterocycles. The molecule has 148 valence electrons. The van der Waals surface area contributed by atoms with E-state index in [1.165, 1.54) is 11.8 Å². The van der Waals surface area contributed by atoms with Gasteiger partial charge in [-0.1, -0.05) is 39.0 Å². The van der Waals surface area contributed by atoms with Crippen LogP contribution >= 0.6 is 0 Å². The Morgan fingerprint density at radius 1 is 1.22 bits per heavy atom. The predicted octanol–water partition coefficient (Wildman–Crippen LogP) is 0.609. The second-order valence-corrected chi connectivity index (χ2v) is 7.78. The van der Waals surface area contributed by atoms with Gasteiger partial charge in [-0.2, -0.15) is 5.48 Å². The Morgan fingerprint density at radius 3 is 2.41 bits per heavy atom. The van der Waals surface area contributed by atoms with E-state index in [9.17, 15) is 19.5 Å². The van der Waals surface area contributed by atoms with Crippen molar-refractivity contribution in [2.24, 2.45) is 5.41 Å². The summed E-state index contributed by atoms with van der Waals surface area (Å²) in [6, 6.07) is 7.01. The number of aliphatic hydroxyl groups excluding tert-OH is 1. The van der Waals surface area contributed by atoms with Crippen LogP contribution < -0.4 is 15.6 Å². The highest BCUT2D eigenvalue weighted by atomic mass is 16.7. The van der Waals surface area contributed by atoms with Gasteiger partial charge in [0.25, 0.3) is 5.91 Å². The molecule has 1 saturated heterocycles. The highest BCUT2D eigenvalue weighted by Crippen LogP contribution is 2.26. The number of likely N-dealkylation sites (tertiary alicyclic amines) is 1. The molecule has 0 saturated carbocycles. The summed E-state index contributed by atoms with van der Waals surface area (Å²) in [6.07, 6.45) is -0.716. The van der Waals surface area contributed by atoms with Crippen LogP contribution in [0.2, 0.25) is 0 Å². The zero-order valence-electron chi connectivity index (χ0n) is 16.1. The molecule has 3 amide bonds. The van der Waals surface area contributed by atoms with Crippen molar-refractivity contribution in [3.8, 4) is 5.75 Å². The van der Waals surface area contributed by atoms with Gasteiger partial charge in [-0.25, -0.2) is 0 Å². The molecule has 1 aromatic rings. The van der Waals surface area contributed by atoms with Crippen LogP contribution in [0.3, 0.4) is 0 Å². The van der Waals surface area contributed by atoms with Crippen molar-refractivity contribution < 1.29 is 24.3 Å². The standard InChI is InChI=1S/C19H27N3O5/c1-12(23)20-16(19(2,3)4)18(26)22-11-13(24)10-15(22)17(25)21-27-14-8-6-5-7-9-14/h5-9,13,15-16,24H,10-11H2,1-4H3,(H,20,23)(H,21,25)/t13-,15+,16?/m1/s1. The van der Waals surface area contributed by atoms with Crippen molar-refractivity contribution >= 4 is 17.7 Å². The number of hydrogen-bond donors (Lipinski definition) is 3. The number of hydroxylamine groups is 1. The van der Waals surface area contributed by atoms with E-state index in [1.54, 1.807) is 24.3 Å². The number of nitrogens with zero attached hydrogens (tertiary/aromatic N) is 1. The summed E-state index contributed by atoms with van der Waals surface area (Å²) in [7, 11) is 0. The number of β-amino-alcohol motifs (C(OH)–C–C–N with tert-alkyl or cyclic N) is 1. The summed E-state index contributed by atoms with van der Waals surface area (Å²) < 4.78 is 0. The van der Waals surface area contributed by atoms with E-state index in [1.807, 2.05) is 26.8 Å².